The summed E-state index contributed by atoms with van der Waals surface area (Å²) >= 11 is 0. The molecule has 0 saturated carbocycles. The second-order valence-electron chi connectivity index (χ2n) is 8.32. The number of piperidine rings is 1. The number of likely N-dealkylation sites (N-methyl/N-ethyl adjacent to an activating group) is 1. The molecule has 7 heteroatoms. The van der Waals surface area contributed by atoms with E-state index in [4.69, 9.17) is 4.74 Å². The lowest BCUT2D eigenvalue weighted by Crippen LogP contribution is -3.00. The highest BCUT2D eigenvalue weighted by molar-refractivity contribution is 5.85. The van der Waals surface area contributed by atoms with Crippen LogP contribution in [0.2, 0.25) is 0 Å². The van der Waals surface area contributed by atoms with Gasteiger partial charge >= 0.3 is 5.97 Å². The van der Waals surface area contributed by atoms with Gasteiger partial charge in [0, 0.05) is 24.0 Å². The summed E-state index contributed by atoms with van der Waals surface area (Å²) in [6.45, 7) is 0. The number of hydrogen-bond acceptors (Lipinski definition) is 2. The van der Waals surface area contributed by atoms with Crippen LogP contribution in [0.3, 0.4) is 0 Å². The number of carbonyl (C=O) groups excluding carboxylic acids is 1. The lowest BCUT2D eigenvalue weighted by Gasteiger charge is -2.44. The molecule has 2 bridgehead atoms. The number of benzene rings is 2. The van der Waals surface area contributed by atoms with Crippen molar-refractivity contribution in [3.63, 3.8) is 0 Å². The molecule has 2 aliphatic heterocycles. The van der Waals surface area contributed by atoms with Crippen LogP contribution in [0.4, 0.5) is 13.2 Å². The first-order valence-corrected chi connectivity index (χ1v) is 9.65. The number of hydrogen-bond donors (Lipinski definition) is 0. The van der Waals surface area contributed by atoms with Crippen molar-refractivity contribution in [1.29, 1.82) is 0 Å². The van der Waals surface area contributed by atoms with Gasteiger partial charge in [-0.05, 0) is 36.4 Å². The predicted octanol–water partition coefficient (Wildman–Crippen LogP) is 1.27. The van der Waals surface area contributed by atoms with Crippen molar-refractivity contribution in [1.82, 2.24) is 0 Å². The molecule has 0 spiro atoms. The Bertz CT molecular complexity index is 880. The molecule has 4 rings (SSSR count). The van der Waals surface area contributed by atoms with E-state index in [1.54, 1.807) is 0 Å². The average molecular weight is 482 g/mol. The van der Waals surface area contributed by atoms with Crippen LogP contribution in [0.5, 0.6) is 0 Å². The molecule has 2 unspecified atom stereocenters. The maximum Gasteiger partial charge on any atom is 0.353 e. The summed E-state index contributed by atoms with van der Waals surface area (Å²) in [4.78, 5) is 13.1. The standard InChI is InChI=1S/C23H23F3NO2.BrH/c1-27(2)19-11-12-20(27)14-21(13-19)29-22(28)23(26,15-3-7-17(24)8-4-15)16-5-9-18(25)10-6-16;/h3-12,19-21H,13-14H2,1-2H3;1H/q+1;/p-1. The predicted molar refractivity (Wildman–Crippen MR) is 103 cm³/mol. The molecule has 0 amide bonds. The maximum absolute atomic E-state index is 16.3. The quantitative estimate of drug-likeness (QED) is 0.373. The summed E-state index contributed by atoms with van der Waals surface area (Å²) in [7, 11) is 4.26. The van der Waals surface area contributed by atoms with Crippen molar-refractivity contribution >= 4 is 5.97 Å². The summed E-state index contributed by atoms with van der Waals surface area (Å²) < 4.78 is 49.5. The zero-order valence-electron chi connectivity index (χ0n) is 16.7. The molecule has 1 saturated heterocycles. The molecular formula is C23H23BrF3NO2. The minimum absolute atomic E-state index is 0. The molecule has 2 atom stereocenters. The minimum Gasteiger partial charge on any atom is -1.00 e. The molecule has 0 aromatic heterocycles. The number of carbonyl (C=O) groups is 1. The van der Waals surface area contributed by atoms with Crippen LogP contribution in [0, 0.1) is 11.6 Å². The van der Waals surface area contributed by atoms with E-state index >= 15 is 4.39 Å². The molecule has 1 fully saturated rings. The second kappa shape index (κ2) is 8.19. The number of nitrogens with zero attached hydrogens (tertiary/aromatic N) is 1. The normalized spacial score (nSPS) is 24.2. The van der Waals surface area contributed by atoms with Gasteiger partial charge < -0.3 is 26.2 Å². The third-order valence-corrected chi connectivity index (χ3v) is 6.31. The Morgan fingerprint density at radius 3 is 1.70 bits per heavy atom. The average Bonchev–Trinajstić information content (AvgIpc) is 2.85. The summed E-state index contributed by atoms with van der Waals surface area (Å²) in [6.07, 6.45) is 5.04. The second-order valence-corrected chi connectivity index (χ2v) is 8.32. The highest BCUT2D eigenvalue weighted by Crippen LogP contribution is 2.40. The van der Waals surface area contributed by atoms with Crippen molar-refractivity contribution in [2.24, 2.45) is 0 Å². The first-order valence-electron chi connectivity index (χ1n) is 9.65. The molecular weight excluding hydrogens is 459 g/mol. The van der Waals surface area contributed by atoms with Crippen LogP contribution in [-0.4, -0.2) is 42.7 Å². The van der Waals surface area contributed by atoms with Gasteiger partial charge in [0.2, 0.25) is 0 Å². The van der Waals surface area contributed by atoms with E-state index in [0.717, 1.165) is 28.7 Å². The van der Waals surface area contributed by atoms with Gasteiger partial charge in [0.1, 0.15) is 29.8 Å². The minimum atomic E-state index is -2.66. The Morgan fingerprint density at radius 2 is 1.30 bits per heavy atom. The van der Waals surface area contributed by atoms with Crippen LogP contribution < -0.4 is 17.0 Å². The molecule has 2 aliphatic rings. The molecule has 3 nitrogen and oxygen atoms in total. The van der Waals surface area contributed by atoms with E-state index in [9.17, 15) is 13.6 Å². The summed E-state index contributed by atoms with van der Waals surface area (Å²) in [5.41, 5.74) is -2.76. The molecule has 0 N–H and O–H groups in total. The topological polar surface area (TPSA) is 26.3 Å². The Labute approximate surface area is 184 Å². The van der Waals surface area contributed by atoms with E-state index < -0.39 is 29.4 Å². The van der Waals surface area contributed by atoms with Crippen LogP contribution in [0.25, 0.3) is 0 Å². The van der Waals surface area contributed by atoms with Gasteiger partial charge in [-0.1, -0.05) is 24.3 Å². The Hall–Kier alpha value is -2.12. The zero-order valence-corrected chi connectivity index (χ0v) is 18.3. The highest BCUT2D eigenvalue weighted by Gasteiger charge is 2.50. The monoisotopic (exact) mass is 481 g/mol. The number of esters is 1. The fourth-order valence-corrected chi connectivity index (χ4v) is 4.37. The Balaban J connectivity index is 0.00000256. The van der Waals surface area contributed by atoms with Crippen molar-refractivity contribution in [2.45, 2.75) is 36.7 Å². The van der Waals surface area contributed by atoms with Gasteiger partial charge in [-0.2, -0.15) is 0 Å². The highest BCUT2D eigenvalue weighted by atomic mass is 79.9. The van der Waals surface area contributed by atoms with Gasteiger partial charge in [-0.25, -0.2) is 18.0 Å². The summed E-state index contributed by atoms with van der Waals surface area (Å²) in [5.74, 6) is -2.15. The van der Waals surface area contributed by atoms with Gasteiger partial charge in [0.05, 0.1) is 14.1 Å². The molecule has 2 heterocycles. The Morgan fingerprint density at radius 1 is 0.900 bits per heavy atom. The van der Waals surface area contributed by atoms with Crippen molar-refractivity contribution in [2.75, 3.05) is 14.1 Å². The number of rotatable bonds is 4. The first kappa shape index (κ1) is 22.6. The largest absolute Gasteiger partial charge is 1.00 e. The molecule has 30 heavy (non-hydrogen) atoms. The third-order valence-electron chi connectivity index (χ3n) is 6.31. The molecule has 2 aromatic rings. The number of alkyl halides is 1. The lowest BCUT2D eigenvalue weighted by atomic mass is 9.87. The first-order chi connectivity index (χ1) is 13.7. The van der Waals surface area contributed by atoms with Crippen LogP contribution in [0.1, 0.15) is 24.0 Å². The molecule has 2 aromatic carbocycles. The SMILES string of the molecule is C[N+]1(C)C2C=CC1CC(OC(=O)C(F)(c1ccc(F)cc1)c1ccc(F)cc1)C2.[Br-]. The van der Waals surface area contributed by atoms with Crippen LogP contribution >= 0.6 is 0 Å². The van der Waals surface area contributed by atoms with Crippen molar-refractivity contribution in [3.05, 3.63) is 83.4 Å². The summed E-state index contributed by atoms with van der Waals surface area (Å²) in [6, 6.07) is 9.62. The van der Waals surface area contributed by atoms with E-state index in [1.807, 2.05) is 0 Å². The van der Waals surface area contributed by atoms with Gasteiger partial charge in [0.25, 0.3) is 5.67 Å². The molecule has 0 aliphatic carbocycles. The zero-order chi connectivity index (χ0) is 20.8. The summed E-state index contributed by atoms with van der Waals surface area (Å²) in [5, 5.41) is 0. The van der Waals surface area contributed by atoms with Crippen molar-refractivity contribution < 1.29 is 44.2 Å². The van der Waals surface area contributed by atoms with Crippen LogP contribution in [0.15, 0.2) is 60.7 Å². The van der Waals surface area contributed by atoms with Crippen molar-refractivity contribution in [3.8, 4) is 0 Å². The van der Waals surface area contributed by atoms with E-state index in [1.165, 1.54) is 24.3 Å². The number of ether oxygens (including phenoxy) is 1. The van der Waals surface area contributed by atoms with E-state index in [0.29, 0.717) is 12.8 Å². The number of quaternary nitrogens is 1. The van der Waals surface area contributed by atoms with Gasteiger partial charge in [-0.3, -0.25) is 0 Å². The fraction of sp³-hybridized carbons (Fsp3) is 0.348. The molecule has 0 radical (unpaired) electrons. The number of halogens is 4. The number of fused-ring (bicyclic) bond motifs is 2. The van der Waals surface area contributed by atoms with E-state index in [2.05, 4.69) is 26.2 Å². The molecule has 160 valence electrons. The fourth-order valence-electron chi connectivity index (χ4n) is 4.37. The van der Waals surface area contributed by atoms with Gasteiger partial charge in [0.15, 0.2) is 0 Å². The van der Waals surface area contributed by atoms with E-state index in [-0.39, 0.29) is 40.2 Å². The van der Waals surface area contributed by atoms with Crippen LogP contribution in [-0.2, 0) is 15.2 Å². The lowest BCUT2D eigenvalue weighted by molar-refractivity contribution is -0.926. The maximum atomic E-state index is 16.3. The Kier molecular flexibility index (Phi) is 6.16. The third kappa shape index (κ3) is 3.81. The smallest absolute Gasteiger partial charge is 0.353 e. The van der Waals surface area contributed by atoms with Gasteiger partial charge in [-0.15, -0.1) is 0 Å².